The number of carbonyl (C=O) groups is 2. The van der Waals surface area contributed by atoms with E-state index in [4.69, 9.17) is 9.47 Å². The molecule has 2 aromatic rings. The van der Waals surface area contributed by atoms with Gasteiger partial charge in [0.2, 0.25) is 0 Å². The van der Waals surface area contributed by atoms with Gasteiger partial charge in [0.05, 0.1) is 12.2 Å². The van der Waals surface area contributed by atoms with E-state index in [1.54, 1.807) is 12.1 Å². The quantitative estimate of drug-likeness (QED) is 0.599. The lowest BCUT2D eigenvalue weighted by Gasteiger charge is -2.07. The third-order valence-corrected chi connectivity index (χ3v) is 4.83. The van der Waals surface area contributed by atoms with Crippen LogP contribution >= 0.6 is 11.3 Å². The van der Waals surface area contributed by atoms with Gasteiger partial charge in [-0.05, 0) is 47.8 Å². The molecule has 5 nitrogen and oxygen atoms in total. The summed E-state index contributed by atoms with van der Waals surface area (Å²) in [6.45, 7) is 3.99. The van der Waals surface area contributed by atoms with Crippen LogP contribution in [0.4, 0.5) is 4.79 Å². The second kappa shape index (κ2) is 6.62. The number of fused-ring (bicyclic) bond motifs is 1. The van der Waals surface area contributed by atoms with Crippen molar-refractivity contribution in [3.8, 4) is 6.07 Å². The van der Waals surface area contributed by atoms with Gasteiger partial charge in [-0.15, -0.1) is 11.3 Å². The van der Waals surface area contributed by atoms with Crippen LogP contribution in [0.2, 0.25) is 0 Å². The largest absolute Gasteiger partial charge is 0.516 e. The van der Waals surface area contributed by atoms with Gasteiger partial charge in [-0.25, -0.2) is 9.59 Å². The highest BCUT2D eigenvalue weighted by Crippen LogP contribution is 2.47. The van der Waals surface area contributed by atoms with Gasteiger partial charge < -0.3 is 9.47 Å². The maximum atomic E-state index is 12.1. The van der Waals surface area contributed by atoms with Crippen LogP contribution in [0.5, 0.6) is 0 Å². The highest BCUT2D eigenvalue weighted by Gasteiger charge is 2.30. The Bertz CT molecular complexity index is 843. The van der Waals surface area contributed by atoms with E-state index in [1.165, 1.54) is 11.3 Å². The van der Waals surface area contributed by atoms with Crippen LogP contribution in [-0.4, -0.2) is 18.7 Å². The Morgan fingerprint density at radius 1 is 1.38 bits per heavy atom. The number of carbonyl (C=O) groups excluding carboxylic acids is 2. The number of nitrogens with zero attached hydrogens (tertiary/aromatic N) is 1. The van der Waals surface area contributed by atoms with Gasteiger partial charge in [-0.1, -0.05) is 19.9 Å². The molecule has 1 aliphatic carbocycles. The Kier molecular flexibility index (Phi) is 4.54. The standard InChI is InChI=1S/C18H17NO4S/c1-10(2)9-22-18(21)23-17(20)12-5-6-13-14(7-12)24-15(8-19)16(13)11-3-4-11/h5-7,10-11H,3-4,9H2,1-2H3. The fourth-order valence-corrected chi connectivity index (χ4v) is 3.63. The van der Waals surface area contributed by atoms with E-state index in [0.29, 0.717) is 10.8 Å². The van der Waals surface area contributed by atoms with Crippen molar-refractivity contribution >= 4 is 33.5 Å². The van der Waals surface area contributed by atoms with E-state index < -0.39 is 12.1 Å². The Balaban J connectivity index is 1.79. The predicted octanol–water partition coefficient (Wildman–Crippen LogP) is 4.60. The van der Waals surface area contributed by atoms with Gasteiger partial charge in [0.25, 0.3) is 0 Å². The van der Waals surface area contributed by atoms with Crippen molar-refractivity contribution in [1.29, 1.82) is 5.26 Å². The minimum absolute atomic E-state index is 0.167. The molecule has 0 radical (unpaired) electrons. The van der Waals surface area contributed by atoms with Crippen molar-refractivity contribution in [2.45, 2.75) is 32.6 Å². The Labute approximate surface area is 143 Å². The summed E-state index contributed by atoms with van der Waals surface area (Å²) in [7, 11) is 0. The summed E-state index contributed by atoms with van der Waals surface area (Å²) in [6.07, 6.45) is 1.22. The van der Waals surface area contributed by atoms with Gasteiger partial charge in [0.1, 0.15) is 10.9 Å². The molecule has 1 aromatic heterocycles. The topological polar surface area (TPSA) is 76.4 Å². The molecule has 1 saturated carbocycles. The van der Waals surface area contributed by atoms with Gasteiger partial charge in [-0.3, -0.25) is 0 Å². The number of hydrogen-bond donors (Lipinski definition) is 0. The van der Waals surface area contributed by atoms with Crippen molar-refractivity contribution < 1.29 is 19.1 Å². The van der Waals surface area contributed by atoms with E-state index in [1.807, 2.05) is 19.9 Å². The zero-order valence-electron chi connectivity index (χ0n) is 13.5. The monoisotopic (exact) mass is 343 g/mol. The summed E-state index contributed by atoms with van der Waals surface area (Å²) in [6, 6.07) is 7.37. The molecule has 6 heteroatoms. The summed E-state index contributed by atoms with van der Waals surface area (Å²) in [4.78, 5) is 24.3. The lowest BCUT2D eigenvalue weighted by atomic mass is 10.1. The van der Waals surface area contributed by atoms with Crippen molar-refractivity contribution in [2.75, 3.05) is 6.61 Å². The molecular weight excluding hydrogens is 326 g/mol. The first kappa shape index (κ1) is 16.5. The summed E-state index contributed by atoms with van der Waals surface area (Å²) in [5.74, 6) is -0.122. The lowest BCUT2D eigenvalue weighted by Crippen LogP contribution is -2.16. The number of hydrogen-bond acceptors (Lipinski definition) is 6. The molecule has 0 bridgehead atoms. The average molecular weight is 343 g/mol. The molecule has 0 N–H and O–H groups in total. The van der Waals surface area contributed by atoms with Gasteiger partial charge in [-0.2, -0.15) is 5.26 Å². The van der Waals surface area contributed by atoms with Gasteiger partial charge in [0.15, 0.2) is 0 Å². The summed E-state index contributed by atoms with van der Waals surface area (Å²) >= 11 is 1.37. The fourth-order valence-electron chi connectivity index (χ4n) is 2.50. The number of esters is 1. The molecular formula is C18H17NO4S. The maximum absolute atomic E-state index is 12.1. The average Bonchev–Trinajstić information content (AvgIpc) is 3.32. The molecule has 0 atom stereocenters. The molecule has 0 saturated heterocycles. The summed E-state index contributed by atoms with van der Waals surface area (Å²) in [5.41, 5.74) is 1.37. The normalized spacial score (nSPS) is 13.8. The van der Waals surface area contributed by atoms with E-state index >= 15 is 0 Å². The third-order valence-electron chi connectivity index (χ3n) is 3.76. The molecule has 1 aliphatic rings. The molecule has 1 heterocycles. The second-order valence-electron chi connectivity index (χ2n) is 6.29. The number of benzene rings is 1. The Morgan fingerprint density at radius 2 is 2.12 bits per heavy atom. The zero-order valence-corrected chi connectivity index (χ0v) is 14.3. The Morgan fingerprint density at radius 3 is 2.75 bits per heavy atom. The molecule has 24 heavy (non-hydrogen) atoms. The molecule has 1 aromatic carbocycles. The number of thiophene rings is 1. The molecule has 124 valence electrons. The molecule has 3 rings (SSSR count). The van der Waals surface area contributed by atoms with Crippen LogP contribution in [0.25, 0.3) is 10.1 Å². The van der Waals surface area contributed by atoms with Crippen LogP contribution in [0.1, 0.15) is 53.4 Å². The zero-order chi connectivity index (χ0) is 17.3. The highest BCUT2D eigenvalue weighted by atomic mass is 32.1. The fraction of sp³-hybridized carbons (Fsp3) is 0.389. The van der Waals surface area contributed by atoms with E-state index in [9.17, 15) is 14.9 Å². The van der Waals surface area contributed by atoms with Crippen molar-refractivity contribution in [3.05, 3.63) is 34.2 Å². The molecule has 1 fully saturated rings. The lowest BCUT2D eigenvalue weighted by molar-refractivity contribution is 0.0351. The first-order valence-corrected chi connectivity index (χ1v) is 8.66. The Hall–Kier alpha value is -2.39. The van der Waals surface area contributed by atoms with E-state index in [0.717, 1.165) is 28.5 Å². The minimum Gasteiger partial charge on any atom is -0.434 e. The molecule has 0 aliphatic heterocycles. The third kappa shape index (κ3) is 3.41. The second-order valence-corrected chi connectivity index (χ2v) is 7.34. The molecule has 0 unspecified atom stereocenters. The van der Waals surface area contributed by atoms with Crippen LogP contribution < -0.4 is 0 Å². The van der Waals surface area contributed by atoms with Crippen LogP contribution in [-0.2, 0) is 9.47 Å². The molecule has 0 amide bonds. The smallest absolute Gasteiger partial charge is 0.434 e. The number of ether oxygens (including phenoxy) is 2. The predicted molar refractivity (Wildman–Crippen MR) is 90.1 cm³/mol. The van der Waals surface area contributed by atoms with Crippen LogP contribution in [0, 0.1) is 17.2 Å². The minimum atomic E-state index is -0.989. The SMILES string of the molecule is CC(C)COC(=O)OC(=O)c1ccc2c(C3CC3)c(C#N)sc2c1. The van der Waals surface area contributed by atoms with Gasteiger partial charge >= 0.3 is 12.1 Å². The molecule has 0 spiro atoms. The van der Waals surface area contributed by atoms with E-state index in [2.05, 4.69) is 6.07 Å². The van der Waals surface area contributed by atoms with Crippen molar-refractivity contribution in [1.82, 2.24) is 0 Å². The van der Waals surface area contributed by atoms with E-state index in [-0.39, 0.29) is 18.1 Å². The highest BCUT2D eigenvalue weighted by molar-refractivity contribution is 7.19. The summed E-state index contributed by atoms with van der Waals surface area (Å²) in [5, 5.41) is 10.3. The maximum Gasteiger partial charge on any atom is 0.516 e. The first-order valence-electron chi connectivity index (χ1n) is 7.85. The van der Waals surface area contributed by atoms with Crippen molar-refractivity contribution in [3.63, 3.8) is 0 Å². The van der Waals surface area contributed by atoms with Gasteiger partial charge in [0, 0.05) is 4.70 Å². The first-order chi connectivity index (χ1) is 11.5. The summed E-state index contributed by atoms with van der Waals surface area (Å²) < 4.78 is 10.4. The number of rotatable bonds is 4. The van der Waals surface area contributed by atoms with Crippen LogP contribution in [0.3, 0.4) is 0 Å². The number of nitriles is 1. The van der Waals surface area contributed by atoms with Crippen LogP contribution in [0.15, 0.2) is 18.2 Å². The van der Waals surface area contributed by atoms with Crippen molar-refractivity contribution in [2.24, 2.45) is 5.92 Å².